The van der Waals surface area contributed by atoms with Gasteiger partial charge in [0.1, 0.15) is 6.61 Å². The third-order valence-electron chi connectivity index (χ3n) is 2.76. The van der Waals surface area contributed by atoms with Crippen molar-refractivity contribution in [3.63, 3.8) is 0 Å². The van der Waals surface area contributed by atoms with Gasteiger partial charge in [0, 0.05) is 23.6 Å². The second-order valence-corrected chi connectivity index (χ2v) is 4.63. The number of anilines is 1. The lowest BCUT2D eigenvalue weighted by Gasteiger charge is -2.07. The summed E-state index contributed by atoms with van der Waals surface area (Å²) in [7, 11) is 0. The van der Waals surface area contributed by atoms with E-state index in [1.54, 1.807) is 24.5 Å². The molecule has 21 heavy (non-hydrogen) atoms. The van der Waals surface area contributed by atoms with Crippen LogP contribution in [0.1, 0.15) is 16.7 Å². The molecular formula is C17H16N2O2. The lowest BCUT2D eigenvalue weighted by atomic mass is 10.1. The second kappa shape index (κ2) is 7.22. The maximum atomic E-state index is 12.0. The number of aromatic nitrogens is 1. The first-order valence-electron chi connectivity index (χ1n) is 6.57. The first kappa shape index (κ1) is 14.8. The van der Waals surface area contributed by atoms with E-state index in [0.29, 0.717) is 5.69 Å². The number of pyridine rings is 1. The lowest BCUT2D eigenvalue weighted by molar-refractivity contribution is -0.115. The van der Waals surface area contributed by atoms with Gasteiger partial charge in [-0.05, 0) is 42.3 Å². The van der Waals surface area contributed by atoms with Crippen LogP contribution in [0, 0.1) is 18.8 Å². The summed E-state index contributed by atoms with van der Waals surface area (Å²) in [5, 5.41) is 11.6. The van der Waals surface area contributed by atoms with E-state index >= 15 is 0 Å². The van der Waals surface area contributed by atoms with E-state index in [1.807, 2.05) is 25.1 Å². The molecule has 0 radical (unpaired) electrons. The normalized spacial score (nSPS) is 9.62. The number of carbonyl (C=O) groups is 1. The third kappa shape index (κ3) is 4.75. The van der Waals surface area contributed by atoms with Crippen molar-refractivity contribution >= 4 is 11.6 Å². The van der Waals surface area contributed by atoms with Gasteiger partial charge in [-0.25, -0.2) is 0 Å². The Morgan fingerprint density at radius 2 is 2.24 bits per heavy atom. The highest BCUT2D eigenvalue weighted by Gasteiger charge is 2.05. The molecule has 0 aliphatic heterocycles. The van der Waals surface area contributed by atoms with Crippen LogP contribution in [0.3, 0.4) is 0 Å². The molecule has 1 amide bonds. The number of nitrogens with zero attached hydrogens (tertiary/aromatic N) is 1. The van der Waals surface area contributed by atoms with E-state index in [2.05, 4.69) is 22.1 Å². The summed E-state index contributed by atoms with van der Waals surface area (Å²) in [5.74, 6) is 5.33. The first-order valence-corrected chi connectivity index (χ1v) is 6.57. The summed E-state index contributed by atoms with van der Waals surface area (Å²) in [6.07, 6.45) is 3.63. The molecule has 106 valence electrons. The SMILES string of the molecule is Cc1cc(C#CCO)cc(NC(=O)Cc2cccnc2)c1. The van der Waals surface area contributed by atoms with Gasteiger partial charge in [0.15, 0.2) is 0 Å². The van der Waals surface area contributed by atoms with Crippen molar-refractivity contribution in [1.82, 2.24) is 4.98 Å². The quantitative estimate of drug-likeness (QED) is 0.844. The maximum Gasteiger partial charge on any atom is 0.228 e. The Labute approximate surface area is 123 Å². The van der Waals surface area contributed by atoms with Crippen molar-refractivity contribution in [2.24, 2.45) is 0 Å². The summed E-state index contributed by atoms with van der Waals surface area (Å²) in [5.41, 5.74) is 3.33. The lowest BCUT2D eigenvalue weighted by Crippen LogP contribution is -2.14. The molecule has 0 saturated carbocycles. The molecule has 0 aliphatic rings. The van der Waals surface area contributed by atoms with Crippen molar-refractivity contribution in [1.29, 1.82) is 0 Å². The number of benzene rings is 1. The summed E-state index contributed by atoms with van der Waals surface area (Å²) >= 11 is 0. The van der Waals surface area contributed by atoms with Crippen LogP contribution < -0.4 is 5.32 Å². The van der Waals surface area contributed by atoms with E-state index in [-0.39, 0.29) is 18.9 Å². The summed E-state index contributed by atoms with van der Waals surface area (Å²) < 4.78 is 0. The molecule has 0 spiro atoms. The van der Waals surface area contributed by atoms with Crippen molar-refractivity contribution in [2.45, 2.75) is 13.3 Å². The summed E-state index contributed by atoms with van der Waals surface area (Å²) in [6.45, 7) is 1.75. The fraction of sp³-hybridized carbons (Fsp3) is 0.176. The van der Waals surface area contributed by atoms with Crippen LogP contribution >= 0.6 is 0 Å². The van der Waals surface area contributed by atoms with Gasteiger partial charge >= 0.3 is 0 Å². The average molecular weight is 280 g/mol. The summed E-state index contributed by atoms with van der Waals surface area (Å²) in [6, 6.07) is 9.24. The van der Waals surface area contributed by atoms with Crippen LogP contribution in [0.15, 0.2) is 42.7 Å². The molecule has 0 atom stereocenters. The minimum absolute atomic E-state index is 0.102. The van der Waals surface area contributed by atoms with E-state index in [4.69, 9.17) is 5.11 Å². The molecule has 2 aromatic rings. The Kier molecular flexibility index (Phi) is 5.08. The minimum Gasteiger partial charge on any atom is -0.384 e. The second-order valence-electron chi connectivity index (χ2n) is 4.63. The van der Waals surface area contributed by atoms with E-state index < -0.39 is 0 Å². The number of rotatable bonds is 3. The number of nitrogens with one attached hydrogen (secondary N) is 1. The molecule has 4 heteroatoms. The largest absolute Gasteiger partial charge is 0.384 e. The van der Waals surface area contributed by atoms with Gasteiger partial charge in [-0.15, -0.1) is 0 Å². The number of carbonyl (C=O) groups excluding carboxylic acids is 1. The number of amides is 1. The first-order chi connectivity index (χ1) is 10.2. The fourth-order valence-corrected chi connectivity index (χ4v) is 1.96. The molecule has 1 aromatic carbocycles. The zero-order valence-electron chi connectivity index (χ0n) is 11.8. The molecular weight excluding hydrogens is 264 g/mol. The molecule has 0 bridgehead atoms. The molecule has 0 unspecified atom stereocenters. The van der Waals surface area contributed by atoms with Crippen LogP contribution in [0.2, 0.25) is 0 Å². The van der Waals surface area contributed by atoms with E-state index in [1.165, 1.54) is 0 Å². The topological polar surface area (TPSA) is 62.2 Å². The monoisotopic (exact) mass is 280 g/mol. The Morgan fingerprint density at radius 3 is 2.95 bits per heavy atom. The van der Waals surface area contributed by atoms with Crippen LogP contribution in [0.4, 0.5) is 5.69 Å². The number of hydrogen-bond acceptors (Lipinski definition) is 3. The molecule has 1 aromatic heterocycles. The molecule has 2 N–H and O–H groups in total. The highest BCUT2D eigenvalue weighted by Crippen LogP contribution is 2.14. The highest BCUT2D eigenvalue weighted by atomic mass is 16.2. The van der Waals surface area contributed by atoms with Crippen molar-refractivity contribution in [2.75, 3.05) is 11.9 Å². The van der Waals surface area contributed by atoms with Gasteiger partial charge in [-0.1, -0.05) is 17.9 Å². The van der Waals surface area contributed by atoms with E-state index in [0.717, 1.165) is 16.7 Å². The maximum absolute atomic E-state index is 12.0. The standard InChI is InChI=1S/C17H16N2O2/c1-13-8-14(5-3-7-20)10-16(9-13)19-17(21)11-15-4-2-6-18-12-15/h2,4,6,8-10,12,20H,7,11H2,1H3,(H,19,21). The van der Waals surface area contributed by atoms with Gasteiger partial charge in [0.25, 0.3) is 0 Å². The molecule has 0 aliphatic carbocycles. The zero-order valence-corrected chi connectivity index (χ0v) is 11.8. The van der Waals surface area contributed by atoms with Crippen molar-refractivity contribution < 1.29 is 9.90 Å². The fourth-order valence-electron chi connectivity index (χ4n) is 1.96. The zero-order chi connectivity index (χ0) is 15.1. The number of aryl methyl sites for hydroxylation is 1. The Balaban J connectivity index is 2.08. The molecule has 2 rings (SSSR count). The van der Waals surface area contributed by atoms with Crippen LogP contribution in [-0.2, 0) is 11.2 Å². The van der Waals surface area contributed by atoms with Gasteiger partial charge in [-0.3, -0.25) is 9.78 Å². The average Bonchev–Trinajstić information content (AvgIpc) is 2.45. The number of aliphatic hydroxyl groups is 1. The molecule has 1 heterocycles. The Bertz CT molecular complexity index is 685. The third-order valence-corrected chi connectivity index (χ3v) is 2.76. The number of hydrogen-bond donors (Lipinski definition) is 2. The van der Waals surface area contributed by atoms with Gasteiger partial charge in [0.2, 0.25) is 5.91 Å². The molecule has 0 saturated heterocycles. The highest BCUT2D eigenvalue weighted by molar-refractivity contribution is 5.92. The predicted octanol–water partition coefficient (Wildman–Crippen LogP) is 1.92. The van der Waals surface area contributed by atoms with Crippen LogP contribution in [-0.4, -0.2) is 22.6 Å². The van der Waals surface area contributed by atoms with Crippen molar-refractivity contribution in [3.05, 3.63) is 59.4 Å². The Hall–Kier alpha value is -2.64. The van der Waals surface area contributed by atoms with Crippen LogP contribution in [0.5, 0.6) is 0 Å². The minimum atomic E-state index is -0.184. The van der Waals surface area contributed by atoms with E-state index in [9.17, 15) is 4.79 Å². The Morgan fingerprint density at radius 1 is 1.38 bits per heavy atom. The molecule has 0 fully saturated rings. The van der Waals surface area contributed by atoms with Gasteiger partial charge in [0.05, 0.1) is 6.42 Å². The molecule has 4 nitrogen and oxygen atoms in total. The predicted molar refractivity (Wildman–Crippen MR) is 81.7 cm³/mol. The smallest absolute Gasteiger partial charge is 0.228 e. The van der Waals surface area contributed by atoms with Crippen molar-refractivity contribution in [3.8, 4) is 11.8 Å². The van der Waals surface area contributed by atoms with Gasteiger partial charge < -0.3 is 10.4 Å². The number of aliphatic hydroxyl groups excluding tert-OH is 1. The summed E-state index contributed by atoms with van der Waals surface area (Å²) in [4.78, 5) is 16.0. The van der Waals surface area contributed by atoms with Crippen LogP contribution in [0.25, 0.3) is 0 Å². The van der Waals surface area contributed by atoms with Gasteiger partial charge in [-0.2, -0.15) is 0 Å².